The van der Waals surface area contributed by atoms with E-state index >= 15 is 0 Å². The van der Waals surface area contributed by atoms with E-state index in [4.69, 9.17) is 4.74 Å². The zero-order valence-corrected chi connectivity index (χ0v) is 19.0. The molecule has 3 aromatic rings. The third kappa shape index (κ3) is 5.04. The molecule has 10 nitrogen and oxygen atoms in total. The van der Waals surface area contributed by atoms with Gasteiger partial charge in [0, 0.05) is 30.2 Å². The minimum absolute atomic E-state index is 0.0772. The highest BCUT2D eigenvalue weighted by molar-refractivity contribution is 5.90. The number of aliphatic hydroxyl groups excluding tert-OH is 2. The highest BCUT2D eigenvalue weighted by Crippen LogP contribution is 2.44. The molecule has 0 saturated carbocycles. The van der Waals surface area contributed by atoms with Crippen LogP contribution >= 0.6 is 0 Å². The van der Waals surface area contributed by atoms with Gasteiger partial charge in [-0.05, 0) is 34.7 Å². The van der Waals surface area contributed by atoms with E-state index in [1.807, 2.05) is 48.5 Å². The fourth-order valence-electron chi connectivity index (χ4n) is 4.44. The molecule has 2 atom stereocenters. The zero-order valence-electron chi connectivity index (χ0n) is 19.0. The predicted octanol–water partition coefficient (Wildman–Crippen LogP) is 3.62. The van der Waals surface area contributed by atoms with Crippen LogP contribution in [0.2, 0.25) is 0 Å². The number of alkyl carbamates (subject to hydrolysis) is 1. The van der Waals surface area contributed by atoms with Gasteiger partial charge in [-0.2, -0.15) is 0 Å². The van der Waals surface area contributed by atoms with Crippen molar-refractivity contribution in [1.29, 1.82) is 0 Å². The van der Waals surface area contributed by atoms with Gasteiger partial charge in [-0.3, -0.25) is 10.1 Å². The Morgan fingerprint density at radius 3 is 2.19 bits per heavy atom. The average molecular weight is 492 g/mol. The number of nitro groups is 1. The van der Waals surface area contributed by atoms with E-state index < -0.39 is 34.9 Å². The number of aliphatic hydroxyl groups is 2. The molecule has 3 aromatic carbocycles. The number of hydrogen-bond donors (Lipinski definition) is 4. The van der Waals surface area contributed by atoms with Crippen molar-refractivity contribution in [3.8, 4) is 11.1 Å². The van der Waals surface area contributed by atoms with Crippen molar-refractivity contribution < 1.29 is 34.6 Å². The maximum atomic E-state index is 12.3. The Labute approximate surface area is 205 Å². The first-order valence-electron chi connectivity index (χ1n) is 11.2. The molecule has 10 heteroatoms. The largest absolute Gasteiger partial charge is 0.478 e. The number of nitrogens with one attached hydrogen (secondary N) is 1. The maximum Gasteiger partial charge on any atom is 0.407 e. The minimum Gasteiger partial charge on any atom is -0.478 e. The molecular weight excluding hydrogens is 468 g/mol. The Hall–Kier alpha value is -4.28. The molecule has 1 aliphatic rings. The molecule has 0 bridgehead atoms. The lowest BCUT2D eigenvalue weighted by molar-refractivity contribution is -0.385. The van der Waals surface area contributed by atoms with E-state index in [1.165, 1.54) is 0 Å². The average Bonchev–Trinajstić information content (AvgIpc) is 3.20. The molecule has 0 saturated heterocycles. The summed E-state index contributed by atoms with van der Waals surface area (Å²) >= 11 is 0. The minimum atomic E-state index is -1.71. The summed E-state index contributed by atoms with van der Waals surface area (Å²) in [5.41, 5.74) is 3.26. The molecule has 1 amide bonds. The van der Waals surface area contributed by atoms with Gasteiger partial charge in [-0.15, -0.1) is 0 Å². The number of hydrogen-bond acceptors (Lipinski definition) is 7. The van der Waals surface area contributed by atoms with Crippen LogP contribution in [0.3, 0.4) is 0 Å². The van der Waals surface area contributed by atoms with Crippen LogP contribution in [-0.2, 0) is 4.74 Å². The van der Waals surface area contributed by atoms with Gasteiger partial charge < -0.3 is 25.4 Å². The number of fused-ring (bicyclic) bond motifs is 3. The van der Waals surface area contributed by atoms with Crippen LogP contribution in [0.5, 0.6) is 0 Å². The highest BCUT2D eigenvalue weighted by atomic mass is 16.6. The van der Waals surface area contributed by atoms with Gasteiger partial charge in [-0.1, -0.05) is 48.5 Å². The summed E-state index contributed by atoms with van der Waals surface area (Å²) in [6.45, 7) is 0.0346. The number of aromatic carboxylic acids is 1. The van der Waals surface area contributed by atoms with Crippen molar-refractivity contribution in [2.75, 3.05) is 13.2 Å². The topological polar surface area (TPSA) is 159 Å². The lowest BCUT2D eigenvalue weighted by Crippen LogP contribution is -2.31. The number of amides is 1. The van der Waals surface area contributed by atoms with Crippen LogP contribution in [0.1, 0.15) is 45.5 Å². The third-order valence-electron chi connectivity index (χ3n) is 6.21. The molecular formula is C26H24N2O8. The molecule has 4 rings (SSSR count). The van der Waals surface area contributed by atoms with Crippen LogP contribution in [0.25, 0.3) is 11.1 Å². The second-order valence-electron chi connectivity index (χ2n) is 8.39. The summed E-state index contributed by atoms with van der Waals surface area (Å²) in [6, 6.07) is 18.7. The first-order chi connectivity index (χ1) is 17.3. The molecule has 4 N–H and O–H groups in total. The van der Waals surface area contributed by atoms with Gasteiger partial charge in [0.15, 0.2) is 0 Å². The van der Waals surface area contributed by atoms with Gasteiger partial charge in [0.2, 0.25) is 0 Å². The van der Waals surface area contributed by atoms with E-state index in [1.54, 1.807) is 0 Å². The third-order valence-corrected chi connectivity index (χ3v) is 6.21. The highest BCUT2D eigenvalue weighted by Gasteiger charge is 2.29. The lowest BCUT2D eigenvalue weighted by atomic mass is 9.96. The van der Waals surface area contributed by atoms with E-state index in [-0.39, 0.29) is 36.6 Å². The maximum absolute atomic E-state index is 12.3. The predicted molar refractivity (Wildman–Crippen MR) is 129 cm³/mol. The molecule has 186 valence electrons. The van der Waals surface area contributed by atoms with Crippen molar-refractivity contribution >= 4 is 17.7 Å². The molecule has 0 radical (unpaired) electrons. The molecule has 0 aromatic heterocycles. The molecule has 0 aliphatic heterocycles. The summed E-state index contributed by atoms with van der Waals surface area (Å²) in [7, 11) is 0. The van der Waals surface area contributed by atoms with Gasteiger partial charge in [0.25, 0.3) is 5.69 Å². The first-order valence-corrected chi connectivity index (χ1v) is 11.2. The summed E-state index contributed by atoms with van der Waals surface area (Å²) in [5.74, 6) is -1.51. The normalized spacial score (nSPS) is 13.8. The van der Waals surface area contributed by atoms with Gasteiger partial charge in [-0.25, -0.2) is 9.59 Å². The monoisotopic (exact) mass is 492 g/mol. The van der Waals surface area contributed by atoms with E-state index in [9.17, 15) is 35.0 Å². The smallest absolute Gasteiger partial charge is 0.407 e. The number of non-ortho nitro benzene ring substituents is 1. The summed E-state index contributed by atoms with van der Waals surface area (Å²) in [5, 5.41) is 43.6. The first kappa shape index (κ1) is 24.8. The molecule has 2 unspecified atom stereocenters. The lowest BCUT2D eigenvalue weighted by Gasteiger charge is -2.20. The second kappa shape index (κ2) is 10.5. The van der Waals surface area contributed by atoms with Crippen LogP contribution in [0.4, 0.5) is 10.5 Å². The molecule has 0 fully saturated rings. The Morgan fingerprint density at radius 1 is 1.00 bits per heavy atom. The SMILES string of the molecule is O=C(NCCC(O)C(O)c1cc([N+](=O)[O-])ccc1C(=O)O)OCC1c2ccccc2-c2ccccc21. The van der Waals surface area contributed by atoms with E-state index in [0.717, 1.165) is 40.5 Å². The van der Waals surface area contributed by atoms with Crippen LogP contribution in [0.15, 0.2) is 66.7 Å². The standard InChI is InChI=1S/C26H24N2O8/c29-23(24(30)21-13-15(28(34)35)9-10-20(21)25(31)32)11-12-27-26(33)36-14-22-18-7-3-1-5-16(18)17-6-2-4-8-19(17)22/h1-10,13,22-24,29-30H,11-12,14H2,(H,27,33)(H,31,32). The van der Waals surface area contributed by atoms with E-state index in [2.05, 4.69) is 5.32 Å². The van der Waals surface area contributed by atoms with Crippen molar-refractivity contribution in [2.24, 2.45) is 0 Å². The quantitative estimate of drug-likeness (QED) is 0.260. The second-order valence-corrected chi connectivity index (χ2v) is 8.39. The van der Waals surface area contributed by atoms with Crippen LogP contribution in [0, 0.1) is 10.1 Å². The molecule has 0 heterocycles. The fourth-order valence-corrected chi connectivity index (χ4v) is 4.44. The number of carboxylic acids is 1. The number of nitro benzene ring substituents is 1. The molecule has 1 aliphatic carbocycles. The van der Waals surface area contributed by atoms with Crippen molar-refractivity contribution in [2.45, 2.75) is 24.5 Å². The van der Waals surface area contributed by atoms with E-state index in [0.29, 0.717) is 0 Å². The summed E-state index contributed by atoms with van der Waals surface area (Å²) in [4.78, 5) is 34.0. The van der Waals surface area contributed by atoms with Gasteiger partial charge >= 0.3 is 12.1 Å². The number of nitrogens with zero attached hydrogens (tertiary/aromatic N) is 1. The summed E-state index contributed by atoms with van der Waals surface area (Å²) < 4.78 is 5.41. The number of carboxylic acid groups (broad SMARTS) is 1. The fraction of sp³-hybridized carbons (Fsp3) is 0.231. The molecule has 0 spiro atoms. The number of ether oxygens (including phenoxy) is 1. The van der Waals surface area contributed by atoms with Crippen LogP contribution < -0.4 is 5.32 Å². The Balaban J connectivity index is 1.33. The van der Waals surface area contributed by atoms with Crippen molar-refractivity contribution in [3.05, 3.63) is 99.1 Å². The Kier molecular flexibility index (Phi) is 7.28. The zero-order chi connectivity index (χ0) is 25.8. The Bertz CT molecular complexity index is 1260. The van der Waals surface area contributed by atoms with Gasteiger partial charge in [0.1, 0.15) is 12.7 Å². The molecule has 36 heavy (non-hydrogen) atoms. The van der Waals surface area contributed by atoms with Gasteiger partial charge in [0.05, 0.1) is 16.6 Å². The van der Waals surface area contributed by atoms with Crippen LogP contribution in [-0.4, -0.2) is 51.6 Å². The summed E-state index contributed by atoms with van der Waals surface area (Å²) in [6.07, 6.45) is -4.05. The number of carbonyl (C=O) groups excluding carboxylic acids is 1. The van der Waals surface area contributed by atoms with Crippen molar-refractivity contribution in [3.63, 3.8) is 0 Å². The number of rotatable bonds is 9. The number of carbonyl (C=O) groups is 2. The Morgan fingerprint density at radius 2 is 1.61 bits per heavy atom. The van der Waals surface area contributed by atoms with Crippen molar-refractivity contribution in [1.82, 2.24) is 5.32 Å². The number of benzene rings is 3.